The van der Waals surface area contributed by atoms with Crippen LogP contribution in [-0.2, 0) is 0 Å². The fourth-order valence-corrected chi connectivity index (χ4v) is 2.37. The summed E-state index contributed by atoms with van der Waals surface area (Å²) in [6, 6.07) is 9.21. The van der Waals surface area contributed by atoms with Crippen LogP contribution in [0.1, 0.15) is 15.9 Å². The van der Waals surface area contributed by atoms with Crippen LogP contribution >= 0.6 is 15.9 Å². The van der Waals surface area contributed by atoms with E-state index < -0.39 is 5.82 Å². The fourth-order valence-electron chi connectivity index (χ4n) is 1.99. The summed E-state index contributed by atoms with van der Waals surface area (Å²) in [6.45, 7) is 0.970. The molecule has 0 radical (unpaired) electrons. The van der Waals surface area contributed by atoms with E-state index >= 15 is 0 Å². The number of carbonyl (C=O) groups is 1. The van der Waals surface area contributed by atoms with Gasteiger partial charge in [0.25, 0.3) is 0 Å². The van der Waals surface area contributed by atoms with Crippen LogP contribution in [0.4, 0.5) is 4.39 Å². The van der Waals surface area contributed by atoms with Crippen LogP contribution in [0.2, 0.25) is 0 Å². The van der Waals surface area contributed by atoms with Crippen LogP contribution in [0.15, 0.2) is 40.9 Å². The first kappa shape index (κ1) is 13.1. The van der Waals surface area contributed by atoms with E-state index in [4.69, 9.17) is 9.47 Å². The van der Waals surface area contributed by atoms with Crippen molar-refractivity contribution in [2.45, 2.75) is 0 Å². The van der Waals surface area contributed by atoms with Crippen LogP contribution < -0.4 is 9.47 Å². The van der Waals surface area contributed by atoms with Gasteiger partial charge in [0.1, 0.15) is 19.0 Å². The summed E-state index contributed by atoms with van der Waals surface area (Å²) in [6.07, 6.45) is 0. The van der Waals surface area contributed by atoms with Gasteiger partial charge in [0.15, 0.2) is 17.3 Å². The van der Waals surface area contributed by atoms with Crippen molar-refractivity contribution in [1.82, 2.24) is 0 Å². The minimum atomic E-state index is -0.399. The summed E-state index contributed by atoms with van der Waals surface area (Å²) < 4.78 is 24.3. The van der Waals surface area contributed by atoms with E-state index in [1.165, 1.54) is 18.2 Å². The Bertz CT molecular complexity index is 685. The molecule has 1 aliphatic heterocycles. The van der Waals surface area contributed by atoms with Crippen LogP contribution in [0.3, 0.4) is 0 Å². The van der Waals surface area contributed by atoms with Gasteiger partial charge in [-0.1, -0.05) is 0 Å². The Balaban J connectivity index is 1.95. The summed E-state index contributed by atoms with van der Waals surface area (Å²) in [5.74, 6) is 0.600. The van der Waals surface area contributed by atoms with Gasteiger partial charge in [-0.05, 0) is 52.3 Å². The smallest absolute Gasteiger partial charge is 0.193 e. The summed E-state index contributed by atoms with van der Waals surface area (Å²) in [5.41, 5.74) is 0.891. The third-order valence-corrected chi connectivity index (χ3v) is 3.59. The molecule has 0 fully saturated rings. The molecule has 2 aromatic rings. The molecule has 0 N–H and O–H groups in total. The number of fused-ring (bicyclic) bond motifs is 1. The Kier molecular flexibility index (Phi) is 3.44. The van der Waals surface area contributed by atoms with E-state index in [1.807, 2.05) is 0 Å². The highest BCUT2D eigenvalue weighted by Gasteiger charge is 2.16. The maximum atomic E-state index is 13.2. The van der Waals surface area contributed by atoms with E-state index in [1.54, 1.807) is 18.2 Å². The van der Waals surface area contributed by atoms with Gasteiger partial charge in [0, 0.05) is 11.1 Å². The molecule has 1 aliphatic rings. The first-order valence-corrected chi connectivity index (χ1v) is 6.84. The average Bonchev–Trinajstić information content (AvgIpc) is 2.49. The minimum absolute atomic E-state index is 0.192. The molecule has 102 valence electrons. The number of ketones is 1. The number of hydrogen-bond acceptors (Lipinski definition) is 3. The summed E-state index contributed by atoms with van der Waals surface area (Å²) in [4.78, 5) is 12.4. The van der Waals surface area contributed by atoms with Gasteiger partial charge in [-0.3, -0.25) is 4.79 Å². The number of carbonyl (C=O) groups excluding carboxylic acids is 1. The standard InChI is InChI=1S/C15H10BrFO3/c16-11-7-9(1-3-12(11)17)15(18)10-2-4-13-14(8-10)20-6-5-19-13/h1-4,7-8H,5-6H2. The van der Waals surface area contributed by atoms with Crippen LogP contribution in [0.25, 0.3) is 0 Å². The Morgan fingerprint density at radius 3 is 2.40 bits per heavy atom. The Hall–Kier alpha value is -1.88. The molecule has 0 bridgehead atoms. The number of benzene rings is 2. The third-order valence-electron chi connectivity index (χ3n) is 2.99. The molecule has 0 saturated heterocycles. The van der Waals surface area contributed by atoms with Crippen molar-refractivity contribution in [3.05, 3.63) is 57.8 Å². The number of rotatable bonds is 2. The molecule has 5 heteroatoms. The van der Waals surface area contributed by atoms with E-state index in [0.717, 1.165) is 0 Å². The van der Waals surface area contributed by atoms with Gasteiger partial charge in [0.2, 0.25) is 0 Å². The van der Waals surface area contributed by atoms with Crippen molar-refractivity contribution in [2.24, 2.45) is 0 Å². The van der Waals surface area contributed by atoms with Crippen molar-refractivity contribution in [3.63, 3.8) is 0 Å². The zero-order valence-corrected chi connectivity index (χ0v) is 11.9. The quantitative estimate of drug-likeness (QED) is 0.786. The predicted molar refractivity (Wildman–Crippen MR) is 75.0 cm³/mol. The molecule has 3 nitrogen and oxygen atoms in total. The van der Waals surface area contributed by atoms with Gasteiger partial charge < -0.3 is 9.47 Å². The Labute approximate surface area is 123 Å². The van der Waals surface area contributed by atoms with Crippen molar-refractivity contribution >= 4 is 21.7 Å². The zero-order valence-electron chi connectivity index (χ0n) is 10.4. The summed E-state index contributed by atoms with van der Waals surface area (Å²) in [7, 11) is 0. The van der Waals surface area contributed by atoms with Crippen LogP contribution in [0.5, 0.6) is 11.5 Å². The summed E-state index contributed by atoms with van der Waals surface area (Å²) >= 11 is 3.08. The lowest BCUT2D eigenvalue weighted by Gasteiger charge is -2.18. The van der Waals surface area contributed by atoms with E-state index in [-0.39, 0.29) is 10.3 Å². The second-order valence-electron chi connectivity index (χ2n) is 4.32. The van der Waals surface area contributed by atoms with Crippen molar-refractivity contribution in [1.29, 1.82) is 0 Å². The van der Waals surface area contributed by atoms with Gasteiger partial charge >= 0.3 is 0 Å². The lowest BCUT2D eigenvalue weighted by molar-refractivity contribution is 0.103. The largest absolute Gasteiger partial charge is 0.486 e. The second-order valence-corrected chi connectivity index (χ2v) is 5.17. The maximum absolute atomic E-state index is 13.2. The number of hydrogen-bond donors (Lipinski definition) is 0. The van der Waals surface area contributed by atoms with Gasteiger partial charge in [-0.25, -0.2) is 4.39 Å². The summed E-state index contributed by atoms with van der Waals surface area (Å²) in [5, 5.41) is 0. The molecule has 20 heavy (non-hydrogen) atoms. The minimum Gasteiger partial charge on any atom is -0.486 e. The molecule has 1 heterocycles. The Morgan fingerprint density at radius 1 is 1.00 bits per heavy atom. The van der Waals surface area contributed by atoms with Crippen molar-refractivity contribution in [2.75, 3.05) is 13.2 Å². The maximum Gasteiger partial charge on any atom is 0.193 e. The SMILES string of the molecule is O=C(c1ccc(F)c(Br)c1)c1ccc2c(c1)OCCO2. The lowest BCUT2D eigenvalue weighted by Crippen LogP contribution is -2.15. The highest BCUT2D eigenvalue weighted by molar-refractivity contribution is 9.10. The first-order valence-electron chi connectivity index (χ1n) is 6.04. The number of ether oxygens (including phenoxy) is 2. The molecule has 0 unspecified atom stereocenters. The van der Waals surface area contributed by atoms with Crippen LogP contribution in [-0.4, -0.2) is 19.0 Å². The predicted octanol–water partition coefficient (Wildman–Crippen LogP) is 3.59. The van der Waals surface area contributed by atoms with E-state index in [0.29, 0.717) is 35.8 Å². The average molecular weight is 337 g/mol. The van der Waals surface area contributed by atoms with Gasteiger partial charge in [0.05, 0.1) is 4.47 Å². The van der Waals surface area contributed by atoms with Crippen molar-refractivity contribution in [3.8, 4) is 11.5 Å². The zero-order chi connectivity index (χ0) is 14.1. The molecule has 0 saturated carbocycles. The first-order chi connectivity index (χ1) is 9.65. The molecule has 0 amide bonds. The normalized spacial score (nSPS) is 13.1. The van der Waals surface area contributed by atoms with Crippen molar-refractivity contribution < 1.29 is 18.7 Å². The van der Waals surface area contributed by atoms with E-state index in [2.05, 4.69) is 15.9 Å². The van der Waals surface area contributed by atoms with Gasteiger partial charge in [-0.15, -0.1) is 0 Å². The second kappa shape index (κ2) is 5.25. The third kappa shape index (κ3) is 2.41. The molecule has 0 aromatic heterocycles. The number of halogens is 2. The molecular formula is C15H10BrFO3. The molecule has 0 spiro atoms. The molecule has 3 rings (SSSR count). The monoisotopic (exact) mass is 336 g/mol. The van der Waals surface area contributed by atoms with Crippen LogP contribution in [0, 0.1) is 5.82 Å². The molecular weight excluding hydrogens is 327 g/mol. The highest BCUT2D eigenvalue weighted by atomic mass is 79.9. The fraction of sp³-hybridized carbons (Fsp3) is 0.133. The van der Waals surface area contributed by atoms with Gasteiger partial charge in [-0.2, -0.15) is 0 Å². The molecule has 0 atom stereocenters. The molecule has 2 aromatic carbocycles. The highest BCUT2D eigenvalue weighted by Crippen LogP contribution is 2.31. The lowest BCUT2D eigenvalue weighted by atomic mass is 10.0. The molecule has 0 aliphatic carbocycles. The van der Waals surface area contributed by atoms with E-state index in [9.17, 15) is 9.18 Å². The topological polar surface area (TPSA) is 35.5 Å². The Morgan fingerprint density at radius 2 is 1.65 bits per heavy atom.